The Morgan fingerprint density at radius 2 is 1.89 bits per heavy atom. The van der Waals surface area contributed by atoms with Crippen LogP contribution in [0.2, 0.25) is 0 Å². The second kappa shape index (κ2) is 9.24. The van der Waals surface area contributed by atoms with E-state index in [1.165, 1.54) is 0 Å². The van der Waals surface area contributed by atoms with Crippen LogP contribution in [0.1, 0.15) is 78.0 Å². The molecule has 1 heterocycles. The minimum Gasteiger partial charge on any atom is -0.494 e. The van der Waals surface area contributed by atoms with Crippen LogP contribution < -0.4 is 4.74 Å². The number of aromatic nitrogens is 2. The van der Waals surface area contributed by atoms with Gasteiger partial charge in [-0.15, -0.1) is 0 Å². The van der Waals surface area contributed by atoms with Crippen molar-refractivity contribution >= 4 is 11.0 Å². The molecule has 0 amide bonds. The second-order valence-corrected chi connectivity index (χ2v) is 13.6. The number of hydrogen-bond donors (Lipinski definition) is 4. The zero-order chi connectivity index (χ0) is 26.1. The molecule has 4 N–H and O–H groups in total. The van der Waals surface area contributed by atoms with Gasteiger partial charge >= 0.3 is 0 Å². The van der Waals surface area contributed by atoms with Crippen LogP contribution in [-0.2, 0) is 6.42 Å². The standard InChI is InChI=1S/C31H46N2O4/c1-17(8-11-27-32-23-6-5-7-25(37-4)29(23)33-27)20-9-10-21-28-22(16-26(36)31(20,21)3)30(2)13-12-19(34)14-18(30)15-24(28)35/h5-7,17-22,24,26,28,34-36H,8-16H2,1-4H3,(H,32,33)/t17?,18-,19+,20+,21-,22-,24+,26-,28-,30-,31+/m0/s1. The fourth-order valence-electron chi connectivity index (χ4n) is 10.0. The molecule has 1 aromatic carbocycles. The smallest absolute Gasteiger partial charge is 0.146 e. The number of imidazole rings is 1. The van der Waals surface area contributed by atoms with Crippen molar-refractivity contribution in [2.45, 2.75) is 96.9 Å². The zero-order valence-corrected chi connectivity index (χ0v) is 23.0. The molecule has 0 aliphatic heterocycles. The number of rotatable bonds is 5. The first-order chi connectivity index (χ1) is 17.7. The molecular formula is C31H46N2O4. The molecule has 4 aliphatic rings. The first-order valence-corrected chi connectivity index (χ1v) is 14.7. The van der Waals surface area contributed by atoms with Crippen molar-refractivity contribution in [3.05, 3.63) is 24.0 Å². The minimum atomic E-state index is -0.334. The van der Waals surface area contributed by atoms with E-state index in [2.05, 4.69) is 25.8 Å². The van der Waals surface area contributed by atoms with Crippen LogP contribution in [0.25, 0.3) is 11.0 Å². The summed E-state index contributed by atoms with van der Waals surface area (Å²) in [5.74, 6) is 4.05. The molecule has 0 bridgehead atoms. The van der Waals surface area contributed by atoms with E-state index >= 15 is 0 Å². The van der Waals surface area contributed by atoms with E-state index in [-0.39, 0.29) is 35.1 Å². The third kappa shape index (κ3) is 3.88. The van der Waals surface area contributed by atoms with Gasteiger partial charge in [0.1, 0.15) is 17.1 Å². The summed E-state index contributed by atoms with van der Waals surface area (Å²) in [5, 5.41) is 33.6. The Labute approximate surface area is 221 Å². The van der Waals surface area contributed by atoms with Gasteiger partial charge in [-0.1, -0.05) is 26.8 Å². The monoisotopic (exact) mass is 510 g/mol. The second-order valence-electron chi connectivity index (χ2n) is 13.6. The Balaban J connectivity index is 1.20. The van der Waals surface area contributed by atoms with E-state index in [1.807, 2.05) is 18.2 Å². The third-order valence-electron chi connectivity index (χ3n) is 12.1. The molecule has 0 saturated heterocycles. The number of para-hydroxylation sites is 1. The van der Waals surface area contributed by atoms with Crippen molar-refractivity contribution in [1.82, 2.24) is 9.97 Å². The van der Waals surface area contributed by atoms with Gasteiger partial charge in [0, 0.05) is 6.42 Å². The normalized spacial score (nSPS) is 44.2. The number of methoxy groups -OCH3 is 1. The van der Waals surface area contributed by atoms with Crippen LogP contribution in [0.4, 0.5) is 0 Å². The van der Waals surface area contributed by atoms with Crippen molar-refractivity contribution < 1.29 is 20.1 Å². The highest BCUT2D eigenvalue weighted by Crippen LogP contribution is 2.68. The quantitative estimate of drug-likeness (QED) is 0.449. The molecule has 1 unspecified atom stereocenters. The zero-order valence-electron chi connectivity index (χ0n) is 23.0. The summed E-state index contributed by atoms with van der Waals surface area (Å²) in [5.41, 5.74) is 1.87. The Morgan fingerprint density at radius 3 is 2.68 bits per heavy atom. The van der Waals surface area contributed by atoms with E-state index in [9.17, 15) is 15.3 Å². The fraction of sp³-hybridized carbons (Fsp3) is 0.774. The first kappa shape index (κ1) is 25.6. The van der Waals surface area contributed by atoms with E-state index in [1.54, 1.807) is 7.11 Å². The summed E-state index contributed by atoms with van der Waals surface area (Å²) < 4.78 is 5.49. The van der Waals surface area contributed by atoms with Gasteiger partial charge < -0.3 is 25.0 Å². The molecule has 4 fully saturated rings. The van der Waals surface area contributed by atoms with Crippen molar-refractivity contribution in [2.24, 2.45) is 46.3 Å². The van der Waals surface area contributed by atoms with Crippen LogP contribution in [0.15, 0.2) is 18.2 Å². The van der Waals surface area contributed by atoms with Crippen LogP contribution in [-0.4, -0.2) is 50.7 Å². The predicted molar refractivity (Wildman–Crippen MR) is 144 cm³/mol. The Hall–Kier alpha value is -1.63. The van der Waals surface area contributed by atoms with E-state index in [0.29, 0.717) is 29.6 Å². The van der Waals surface area contributed by atoms with E-state index in [0.717, 1.165) is 80.4 Å². The van der Waals surface area contributed by atoms with Gasteiger partial charge in [-0.25, -0.2) is 4.98 Å². The summed E-state index contributed by atoms with van der Waals surface area (Å²) in [7, 11) is 1.68. The van der Waals surface area contributed by atoms with Crippen LogP contribution in [0, 0.1) is 46.3 Å². The molecule has 0 radical (unpaired) electrons. The number of fused-ring (bicyclic) bond motifs is 6. The largest absolute Gasteiger partial charge is 0.494 e. The minimum absolute atomic E-state index is 0.123. The lowest BCUT2D eigenvalue weighted by molar-refractivity contribution is -0.207. The van der Waals surface area contributed by atoms with Crippen molar-refractivity contribution in [1.29, 1.82) is 0 Å². The third-order valence-corrected chi connectivity index (χ3v) is 12.1. The SMILES string of the molecule is COc1cccc2[nH]c(CCC(C)[C@H]3CC[C@H]4[C@@H]5[C@H](O)C[C@@H]6C[C@H](O)CC[C@]6(C)[C@H]5C[C@H](O)[C@]34C)nc12. The molecule has 0 spiro atoms. The summed E-state index contributed by atoms with van der Waals surface area (Å²) in [6.07, 6.45) is 7.55. The topological polar surface area (TPSA) is 98.6 Å². The van der Waals surface area contributed by atoms with Gasteiger partial charge in [-0.05, 0) is 110 Å². The lowest BCUT2D eigenvalue weighted by atomic mass is 9.43. The molecule has 1 aromatic heterocycles. The van der Waals surface area contributed by atoms with Crippen molar-refractivity contribution in [2.75, 3.05) is 7.11 Å². The molecule has 11 atom stereocenters. The van der Waals surface area contributed by atoms with E-state index in [4.69, 9.17) is 9.72 Å². The Kier molecular flexibility index (Phi) is 6.40. The molecule has 6 heteroatoms. The molecule has 4 saturated carbocycles. The van der Waals surface area contributed by atoms with Gasteiger partial charge in [-0.2, -0.15) is 0 Å². The van der Waals surface area contributed by atoms with Crippen LogP contribution in [0.5, 0.6) is 5.75 Å². The number of benzene rings is 1. The molecule has 37 heavy (non-hydrogen) atoms. The fourth-order valence-corrected chi connectivity index (χ4v) is 10.0. The summed E-state index contributed by atoms with van der Waals surface area (Å²) in [4.78, 5) is 8.31. The van der Waals surface area contributed by atoms with E-state index < -0.39 is 0 Å². The van der Waals surface area contributed by atoms with Gasteiger partial charge in [0.05, 0.1) is 30.9 Å². The molecule has 2 aromatic rings. The Morgan fingerprint density at radius 1 is 1.08 bits per heavy atom. The van der Waals surface area contributed by atoms with Crippen LogP contribution in [0.3, 0.4) is 0 Å². The summed E-state index contributed by atoms with van der Waals surface area (Å²) in [6.45, 7) is 7.10. The maximum Gasteiger partial charge on any atom is 0.146 e. The molecule has 204 valence electrons. The first-order valence-electron chi connectivity index (χ1n) is 14.7. The molecule has 4 aliphatic carbocycles. The van der Waals surface area contributed by atoms with Gasteiger partial charge in [0.15, 0.2) is 0 Å². The predicted octanol–water partition coefficient (Wildman–Crippen LogP) is 5.10. The van der Waals surface area contributed by atoms with Crippen molar-refractivity contribution in [3.63, 3.8) is 0 Å². The number of hydrogen-bond acceptors (Lipinski definition) is 5. The lowest BCUT2D eigenvalue weighted by Gasteiger charge is -2.63. The number of aliphatic hydroxyl groups is 3. The van der Waals surface area contributed by atoms with Crippen LogP contribution >= 0.6 is 0 Å². The highest BCUT2D eigenvalue weighted by Gasteiger charge is 2.65. The number of ether oxygens (including phenoxy) is 1. The van der Waals surface area contributed by atoms with Gasteiger partial charge in [0.25, 0.3) is 0 Å². The van der Waals surface area contributed by atoms with Gasteiger partial charge in [0.2, 0.25) is 0 Å². The lowest BCUT2D eigenvalue weighted by Crippen LogP contribution is -2.62. The van der Waals surface area contributed by atoms with Crippen molar-refractivity contribution in [3.8, 4) is 5.75 Å². The average Bonchev–Trinajstić information content (AvgIpc) is 3.45. The number of aliphatic hydroxyl groups excluding tert-OH is 3. The maximum atomic E-state index is 11.8. The summed E-state index contributed by atoms with van der Waals surface area (Å²) in [6, 6.07) is 5.98. The number of nitrogens with zero attached hydrogens (tertiary/aromatic N) is 1. The Bertz CT molecular complexity index is 1130. The molecular weight excluding hydrogens is 464 g/mol. The molecule has 6 rings (SSSR count). The number of aryl methyl sites for hydroxylation is 1. The summed E-state index contributed by atoms with van der Waals surface area (Å²) >= 11 is 0. The van der Waals surface area contributed by atoms with Gasteiger partial charge in [-0.3, -0.25) is 0 Å². The average molecular weight is 511 g/mol. The number of nitrogens with one attached hydrogen (secondary N) is 1. The molecule has 6 nitrogen and oxygen atoms in total. The number of aromatic amines is 1. The maximum absolute atomic E-state index is 11.8. The highest BCUT2D eigenvalue weighted by atomic mass is 16.5. The number of H-pyrrole nitrogens is 1. The highest BCUT2D eigenvalue weighted by molar-refractivity contribution is 5.81.